The van der Waals surface area contributed by atoms with Crippen LogP contribution in [-0.2, 0) is 76.1 Å². The zero-order valence-electron chi connectivity index (χ0n) is 27.4. The standard InChI is InChI=1S/C31H37ClO17/c1-14(33)40-12-21-23(42-16(3)35)25(27(29(32)46-21)48-30(39)20-10-8-7-9-11-20)49-31-28(45-19(6)38)26(44-18(5)37)24(43-17(4)36)22(47-31)13-41-15(2)34/h7-11,21-29,31H,12-13H2,1-6H3/t21-,22-,23+,24+,25+,26+,27-,28-,29+,31+/m1/s1. The van der Waals surface area contributed by atoms with Crippen LogP contribution in [0, 0.1) is 0 Å². The van der Waals surface area contributed by atoms with E-state index < -0.39 is 116 Å². The molecule has 0 amide bonds. The number of hydrogen-bond donors (Lipinski definition) is 0. The second-order valence-corrected chi connectivity index (χ2v) is 11.2. The number of benzene rings is 1. The van der Waals surface area contributed by atoms with Crippen molar-refractivity contribution >= 4 is 53.4 Å². The minimum Gasteiger partial charge on any atom is -0.463 e. The molecule has 0 aromatic heterocycles. The summed E-state index contributed by atoms with van der Waals surface area (Å²) in [5.74, 6) is -5.90. The van der Waals surface area contributed by atoms with Crippen molar-refractivity contribution < 1.29 is 80.9 Å². The Morgan fingerprint density at radius 3 is 1.49 bits per heavy atom. The minimum absolute atomic E-state index is 0.100. The number of ether oxygens (including phenoxy) is 10. The van der Waals surface area contributed by atoms with Gasteiger partial charge >= 0.3 is 41.8 Å². The lowest BCUT2D eigenvalue weighted by atomic mass is 9.96. The number of hydrogen-bond acceptors (Lipinski definition) is 17. The van der Waals surface area contributed by atoms with E-state index in [9.17, 15) is 33.6 Å². The normalized spacial score (nSPS) is 29.4. The lowest BCUT2D eigenvalue weighted by Gasteiger charge is -2.48. The Hall–Kier alpha value is -4.32. The van der Waals surface area contributed by atoms with Crippen LogP contribution in [0.5, 0.6) is 0 Å². The van der Waals surface area contributed by atoms with Gasteiger partial charge in [-0.25, -0.2) is 4.79 Å². The monoisotopic (exact) mass is 716 g/mol. The second-order valence-electron chi connectivity index (χ2n) is 10.8. The van der Waals surface area contributed by atoms with Crippen molar-refractivity contribution in [2.45, 2.75) is 102 Å². The summed E-state index contributed by atoms with van der Waals surface area (Å²) in [6.45, 7) is 5.32. The summed E-state index contributed by atoms with van der Waals surface area (Å²) in [4.78, 5) is 85.8. The molecule has 49 heavy (non-hydrogen) atoms. The first-order valence-corrected chi connectivity index (χ1v) is 15.3. The molecule has 1 aromatic rings. The van der Waals surface area contributed by atoms with Gasteiger partial charge in [0.1, 0.15) is 31.5 Å². The molecule has 3 rings (SSSR count). The van der Waals surface area contributed by atoms with Crippen LogP contribution in [0.15, 0.2) is 30.3 Å². The van der Waals surface area contributed by atoms with Gasteiger partial charge in [0.05, 0.1) is 5.56 Å². The largest absolute Gasteiger partial charge is 0.463 e. The fraction of sp³-hybridized carbons (Fsp3) is 0.581. The van der Waals surface area contributed by atoms with E-state index in [4.69, 9.17) is 59.0 Å². The highest BCUT2D eigenvalue weighted by molar-refractivity contribution is 6.20. The summed E-state index contributed by atoms with van der Waals surface area (Å²) in [6.07, 6.45) is -14.1. The van der Waals surface area contributed by atoms with E-state index in [0.717, 1.165) is 41.5 Å². The highest BCUT2D eigenvalue weighted by atomic mass is 35.5. The molecular weight excluding hydrogens is 680 g/mol. The molecule has 0 saturated carbocycles. The zero-order valence-corrected chi connectivity index (χ0v) is 28.1. The van der Waals surface area contributed by atoms with Crippen molar-refractivity contribution in [2.24, 2.45) is 0 Å². The smallest absolute Gasteiger partial charge is 0.338 e. The molecule has 270 valence electrons. The maximum Gasteiger partial charge on any atom is 0.338 e. The first-order valence-electron chi connectivity index (χ1n) is 14.9. The van der Waals surface area contributed by atoms with Gasteiger partial charge in [0.15, 0.2) is 42.4 Å². The van der Waals surface area contributed by atoms with Crippen LogP contribution >= 0.6 is 11.6 Å². The third-order valence-electron chi connectivity index (χ3n) is 6.82. The Morgan fingerprint density at radius 2 is 1.00 bits per heavy atom. The van der Waals surface area contributed by atoms with Crippen LogP contribution in [0.1, 0.15) is 51.9 Å². The summed E-state index contributed by atoms with van der Waals surface area (Å²) in [5.41, 5.74) is -1.43. The van der Waals surface area contributed by atoms with Gasteiger partial charge in [0.25, 0.3) is 0 Å². The van der Waals surface area contributed by atoms with E-state index in [0.29, 0.717) is 0 Å². The number of halogens is 1. The average molecular weight is 717 g/mol. The average Bonchev–Trinajstić information content (AvgIpc) is 3.00. The van der Waals surface area contributed by atoms with Crippen LogP contribution in [-0.4, -0.2) is 116 Å². The van der Waals surface area contributed by atoms with Crippen LogP contribution in [0.2, 0.25) is 0 Å². The van der Waals surface area contributed by atoms with Gasteiger partial charge < -0.3 is 47.4 Å². The predicted octanol–water partition coefficient (Wildman–Crippen LogP) is 1.14. The SMILES string of the molecule is CC(=O)OC[C@H]1O[C@H](Cl)[C@H](OC(=O)c2ccccc2)[C@@H](O[C@@H]2O[C@H](COC(C)=O)[C@H](OC(C)=O)[C@H](OC(C)=O)[C@H]2OC(C)=O)[C@H]1OC(C)=O. The Balaban J connectivity index is 2.15. The van der Waals surface area contributed by atoms with E-state index >= 15 is 0 Å². The van der Waals surface area contributed by atoms with E-state index in [-0.39, 0.29) is 5.56 Å². The van der Waals surface area contributed by atoms with E-state index in [1.807, 2.05) is 0 Å². The fourth-order valence-corrected chi connectivity index (χ4v) is 5.36. The van der Waals surface area contributed by atoms with Crippen molar-refractivity contribution in [3.8, 4) is 0 Å². The van der Waals surface area contributed by atoms with Gasteiger partial charge in [-0.3, -0.25) is 28.8 Å². The summed E-state index contributed by atoms with van der Waals surface area (Å²) >= 11 is 6.58. The van der Waals surface area contributed by atoms with E-state index in [1.165, 1.54) is 12.1 Å². The number of rotatable bonds is 12. The minimum atomic E-state index is -1.81. The molecule has 0 unspecified atom stereocenters. The molecule has 2 fully saturated rings. The lowest BCUT2D eigenvalue weighted by molar-refractivity contribution is -0.340. The number of alkyl halides is 1. The van der Waals surface area contributed by atoms with Crippen molar-refractivity contribution in [1.82, 2.24) is 0 Å². The molecule has 0 bridgehead atoms. The topological polar surface area (TPSA) is 212 Å². The van der Waals surface area contributed by atoms with Gasteiger partial charge in [-0.2, -0.15) is 0 Å². The Bertz CT molecular complexity index is 1370. The quantitative estimate of drug-likeness (QED) is 0.168. The maximum atomic E-state index is 13.2. The Morgan fingerprint density at radius 1 is 0.551 bits per heavy atom. The van der Waals surface area contributed by atoms with Crippen molar-refractivity contribution in [3.63, 3.8) is 0 Å². The van der Waals surface area contributed by atoms with Crippen LogP contribution < -0.4 is 0 Å². The summed E-state index contributed by atoms with van der Waals surface area (Å²) in [7, 11) is 0. The molecule has 0 aliphatic carbocycles. The van der Waals surface area contributed by atoms with Crippen molar-refractivity contribution in [3.05, 3.63) is 35.9 Å². The molecule has 18 heteroatoms. The molecule has 0 spiro atoms. The van der Waals surface area contributed by atoms with Crippen LogP contribution in [0.4, 0.5) is 0 Å². The van der Waals surface area contributed by atoms with E-state index in [2.05, 4.69) is 0 Å². The van der Waals surface area contributed by atoms with Crippen LogP contribution in [0.25, 0.3) is 0 Å². The molecule has 17 nitrogen and oxygen atoms in total. The Kier molecular flexibility index (Phi) is 14.3. The fourth-order valence-electron chi connectivity index (χ4n) is 5.03. The van der Waals surface area contributed by atoms with Gasteiger partial charge in [0.2, 0.25) is 0 Å². The van der Waals surface area contributed by atoms with Gasteiger partial charge in [-0.15, -0.1) is 0 Å². The van der Waals surface area contributed by atoms with Gasteiger partial charge in [-0.05, 0) is 12.1 Å². The highest BCUT2D eigenvalue weighted by Gasteiger charge is 2.57. The molecule has 2 heterocycles. The number of carbonyl (C=O) groups is 7. The third kappa shape index (κ3) is 11.4. The summed E-state index contributed by atoms with van der Waals surface area (Å²) in [5, 5.41) is 0. The zero-order chi connectivity index (χ0) is 36.4. The predicted molar refractivity (Wildman–Crippen MR) is 159 cm³/mol. The first-order chi connectivity index (χ1) is 23.1. The Labute approximate surface area is 285 Å². The molecule has 10 atom stereocenters. The van der Waals surface area contributed by atoms with Crippen molar-refractivity contribution in [2.75, 3.05) is 13.2 Å². The van der Waals surface area contributed by atoms with Gasteiger partial charge in [-0.1, -0.05) is 29.8 Å². The van der Waals surface area contributed by atoms with Crippen molar-refractivity contribution in [1.29, 1.82) is 0 Å². The third-order valence-corrected chi connectivity index (χ3v) is 7.17. The number of esters is 7. The molecule has 2 aliphatic rings. The maximum absolute atomic E-state index is 13.2. The highest BCUT2D eigenvalue weighted by Crippen LogP contribution is 2.36. The first kappa shape index (κ1) is 39.1. The molecule has 0 radical (unpaired) electrons. The lowest BCUT2D eigenvalue weighted by Crippen LogP contribution is -2.66. The molecular formula is C31H37ClO17. The molecule has 1 aromatic carbocycles. The molecule has 2 saturated heterocycles. The number of carbonyl (C=O) groups excluding carboxylic acids is 7. The van der Waals surface area contributed by atoms with E-state index in [1.54, 1.807) is 18.2 Å². The summed E-state index contributed by atoms with van der Waals surface area (Å²) < 4.78 is 55.8. The molecule has 0 N–H and O–H groups in total. The molecule has 2 aliphatic heterocycles. The summed E-state index contributed by atoms with van der Waals surface area (Å²) in [6, 6.07) is 7.73. The van der Waals surface area contributed by atoms with Crippen LogP contribution in [0.3, 0.4) is 0 Å². The second kappa shape index (κ2) is 17.9. The van der Waals surface area contributed by atoms with Gasteiger partial charge in [0, 0.05) is 41.5 Å².